The number of amides is 1. The summed E-state index contributed by atoms with van der Waals surface area (Å²) in [5.41, 5.74) is 0.882. The van der Waals surface area contributed by atoms with E-state index in [1.807, 2.05) is 0 Å². The van der Waals surface area contributed by atoms with Crippen LogP contribution in [-0.4, -0.2) is 16.5 Å². The number of rotatable bonds is 4. The standard InChI is InChI=1S/C13H17F2N3O2/c14-11(15)9-4-5-10(17-8-9)20-13(12(19)18-16)6-2-1-3-7-13/h4-5,8,11H,1-3,6-7,16H2,(H,18,19). The number of hydrogen-bond acceptors (Lipinski definition) is 4. The first-order chi connectivity index (χ1) is 9.57. The smallest absolute Gasteiger partial charge is 0.278 e. The van der Waals surface area contributed by atoms with Crippen LogP contribution in [0.3, 0.4) is 0 Å². The van der Waals surface area contributed by atoms with Crippen LogP contribution >= 0.6 is 0 Å². The van der Waals surface area contributed by atoms with Crippen molar-refractivity contribution in [3.8, 4) is 5.88 Å². The van der Waals surface area contributed by atoms with Crippen LogP contribution in [0.1, 0.15) is 44.1 Å². The first-order valence-corrected chi connectivity index (χ1v) is 6.51. The highest BCUT2D eigenvalue weighted by Crippen LogP contribution is 2.33. The molecule has 5 nitrogen and oxygen atoms in total. The lowest BCUT2D eigenvalue weighted by Gasteiger charge is -2.35. The average Bonchev–Trinajstić information content (AvgIpc) is 2.48. The maximum atomic E-state index is 12.5. The highest BCUT2D eigenvalue weighted by molar-refractivity contribution is 5.85. The molecule has 1 aromatic rings. The van der Waals surface area contributed by atoms with Gasteiger partial charge >= 0.3 is 0 Å². The fourth-order valence-corrected chi connectivity index (χ4v) is 2.41. The van der Waals surface area contributed by atoms with E-state index in [9.17, 15) is 13.6 Å². The molecule has 20 heavy (non-hydrogen) atoms. The zero-order valence-corrected chi connectivity index (χ0v) is 10.9. The third kappa shape index (κ3) is 3.04. The van der Waals surface area contributed by atoms with Crippen LogP contribution in [0.4, 0.5) is 8.78 Å². The van der Waals surface area contributed by atoms with Gasteiger partial charge in [-0.25, -0.2) is 19.6 Å². The van der Waals surface area contributed by atoms with Gasteiger partial charge in [-0.2, -0.15) is 0 Å². The second kappa shape index (κ2) is 6.13. The van der Waals surface area contributed by atoms with Gasteiger partial charge < -0.3 is 4.74 Å². The quantitative estimate of drug-likeness (QED) is 0.504. The maximum Gasteiger partial charge on any atom is 0.278 e. The van der Waals surface area contributed by atoms with Gasteiger partial charge in [0.25, 0.3) is 12.3 Å². The zero-order chi connectivity index (χ0) is 14.6. The molecule has 0 bridgehead atoms. The Bertz CT molecular complexity index is 459. The highest BCUT2D eigenvalue weighted by Gasteiger charge is 2.42. The number of carbonyl (C=O) groups excluding carboxylic acids is 1. The minimum absolute atomic E-state index is 0.153. The van der Waals surface area contributed by atoms with Gasteiger partial charge in [0.05, 0.1) is 0 Å². The van der Waals surface area contributed by atoms with Gasteiger partial charge in [-0.1, -0.05) is 6.42 Å². The lowest BCUT2D eigenvalue weighted by Crippen LogP contribution is -2.54. The number of halogens is 2. The van der Waals surface area contributed by atoms with E-state index in [0.717, 1.165) is 25.5 Å². The molecule has 1 aromatic heterocycles. The van der Waals surface area contributed by atoms with Crippen molar-refractivity contribution in [3.05, 3.63) is 23.9 Å². The average molecular weight is 285 g/mol. The summed E-state index contributed by atoms with van der Waals surface area (Å²) in [6.45, 7) is 0. The molecule has 0 radical (unpaired) electrons. The maximum absolute atomic E-state index is 12.5. The third-order valence-corrected chi connectivity index (χ3v) is 3.52. The molecule has 0 aliphatic heterocycles. The number of carbonyl (C=O) groups is 1. The minimum atomic E-state index is -2.58. The van der Waals surface area contributed by atoms with Gasteiger partial charge in [0.1, 0.15) is 0 Å². The van der Waals surface area contributed by atoms with E-state index in [1.165, 1.54) is 12.1 Å². The number of alkyl halides is 2. The van der Waals surface area contributed by atoms with Gasteiger partial charge in [0, 0.05) is 17.8 Å². The lowest BCUT2D eigenvalue weighted by atomic mass is 9.84. The molecular weight excluding hydrogens is 268 g/mol. The molecule has 110 valence electrons. The highest BCUT2D eigenvalue weighted by atomic mass is 19.3. The van der Waals surface area contributed by atoms with Gasteiger partial charge in [0.15, 0.2) is 5.60 Å². The normalized spacial score (nSPS) is 17.8. The Morgan fingerprint density at radius 2 is 2.05 bits per heavy atom. The largest absolute Gasteiger partial charge is 0.461 e. The van der Waals surface area contributed by atoms with E-state index >= 15 is 0 Å². The van der Waals surface area contributed by atoms with Gasteiger partial charge in [-0.05, 0) is 31.7 Å². The summed E-state index contributed by atoms with van der Waals surface area (Å²) in [6.07, 6.45) is 2.28. The summed E-state index contributed by atoms with van der Waals surface area (Å²) >= 11 is 0. The Labute approximate surface area is 115 Å². The molecule has 3 N–H and O–H groups in total. The van der Waals surface area contributed by atoms with Crippen molar-refractivity contribution in [2.45, 2.75) is 44.1 Å². The molecule has 0 spiro atoms. The van der Waals surface area contributed by atoms with E-state index in [1.54, 1.807) is 0 Å². The molecule has 7 heteroatoms. The SMILES string of the molecule is NNC(=O)C1(Oc2ccc(C(F)F)cn2)CCCCC1. The number of hydrazine groups is 1. The molecule has 1 heterocycles. The number of hydrogen-bond donors (Lipinski definition) is 2. The van der Waals surface area contributed by atoms with Crippen molar-refractivity contribution in [3.63, 3.8) is 0 Å². The molecule has 1 fully saturated rings. The van der Waals surface area contributed by atoms with Crippen LogP contribution in [0.5, 0.6) is 5.88 Å². The zero-order valence-electron chi connectivity index (χ0n) is 10.9. The Morgan fingerprint density at radius 1 is 1.35 bits per heavy atom. The predicted octanol–water partition coefficient (Wildman–Crippen LogP) is 2.09. The predicted molar refractivity (Wildman–Crippen MR) is 68.0 cm³/mol. The fourth-order valence-electron chi connectivity index (χ4n) is 2.41. The van der Waals surface area contributed by atoms with E-state index in [-0.39, 0.29) is 11.4 Å². The van der Waals surface area contributed by atoms with Crippen LogP contribution < -0.4 is 16.0 Å². The van der Waals surface area contributed by atoms with Crippen LogP contribution in [0.15, 0.2) is 18.3 Å². The third-order valence-electron chi connectivity index (χ3n) is 3.52. The Balaban J connectivity index is 2.17. The van der Waals surface area contributed by atoms with Gasteiger partial charge in [0.2, 0.25) is 5.88 Å². The van der Waals surface area contributed by atoms with E-state index in [2.05, 4.69) is 10.4 Å². The number of aromatic nitrogens is 1. The monoisotopic (exact) mass is 285 g/mol. The van der Waals surface area contributed by atoms with Crippen LogP contribution in [0.2, 0.25) is 0 Å². The van der Waals surface area contributed by atoms with E-state index in [4.69, 9.17) is 10.6 Å². The van der Waals surface area contributed by atoms with Crippen molar-refractivity contribution in [2.24, 2.45) is 5.84 Å². The summed E-state index contributed by atoms with van der Waals surface area (Å²) < 4.78 is 30.6. The van der Waals surface area contributed by atoms with Crippen molar-refractivity contribution in [1.29, 1.82) is 0 Å². The Morgan fingerprint density at radius 3 is 2.55 bits per heavy atom. The summed E-state index contributed by atoms with van der Waals surface area (Å²) in [5.74, 6) is 4.95. The van der Waals surface area contributed by atoms with Crippen molar-refractivity contribution in [1.82, 2.24) is 10.4 Å². The Hall–Kier alpha value is -1.76. The molecule has 1 aliphatic carbocycles. The summed E-state index contributed by atoms with van der Waals surface area (Å²) in [4.78, 5) is 15.8. The van der Waals surface area contributed by atoms with E-state index < -0.39 is 17.9 Å². The second-order valence-corrected chi connectivity index (χ2v) is 4.86. The molecular formula is C13H17F2N3O2. The van der Waals surface area contributed by atoms with Crippen molar-refractivity contribution in [2.75, 3.05) is 0 Å². The molecule has 0 aromatic carbocycles. The first kappa shape index (κ1) is 14.6. The Kier molecular flexibility index (Phi) is 4.49. The van der Waals surface area contributed by atoms with Crippen LogP contribution in [0.25, 0.3) is 0 Å². The molecule has 0 atom stereocenters. The molecule has 1 saturated carbocycles. The molecule has 0 unspecified atom stereocenters. The lowest BCUT2D eigenvalue weighted by molar-refractivity contribution is -0.140. The summed E-state index contributed by atoms with van der Waals surface area (Å²) in [7, 11) is 0. The second-order valence-electron chi connectivity index (χ2n) is 4.86. The first-order valence-electron chi connectivity index (χ1n) is 6.51. The van der Waals surface area contributed by atoms with E-state index in [0.29, 0.717) is 12.8 Å². The molecule has 2 rings (SSSR count). The number of pyridine rings is 1. The summed E-state index contributed by atoms with van der Waals surface area (Å²) in [6, 6.07) is 2.59. The number of ether oxygens (including phenoxy) is 1. The van der Waals surface area contributed by atoms with Gasteiger partial charge in [-0.15, -0.1) is 0 Å². The molecule has 1 amide bonds. The topological polar surface area (TPSA) is 77.2 Å². The fraction of sp³-hybridized carbons (Fsp3) is 0.538. The number of nitrogens with one attached hydrogen (secondary N) is 1. The van der Waals surface area contributed by atoms with Gasteiger partial charge in [-0.3, -0.25) is 10.2 Å². The molecule has 0 saturated heterocycles. The van der Waals surface area contributed by atoms with Crippen LogP contribution in [0, 0.1) is 0 Å². The number of nitrogens with two attached hydrogens (primary N) is 1. The van der Waals surface area contributed by atoms with Crippen molar-refractivity contribution >= 4 is 5.91 Å². The number of nitrogens with zero attached hydrogens (tertiary/aromatic N) is 1. The minimum Gasteiger partial charge on any atom is -0.461 e. The molecule has 1 aliphatic rings. The van der Waals surface area contributed by atoms with Crippen molar-refractivity contribution < 1.29 is 18.3 Å². The summed E-state index contributed by atoms with van der Waals surface area (Å²) in [5, 5.41) is 0. The van der Waals surface area contributed by atoms with Crippen LogP contribution in [-0.2, 0) is 4.79 Å².